The molecule has 0 saturated carbocycles. The van der Waals surface area contributed by atoms with E-state index in [-0.39, 0.29) is 30.5 Å². The Kier molecular flexibility index (Phi) is 8.11. The highest BCUT2D eigenvalue weighted by Crippen LogP contribution is 2.30. The number of hydrogen-bond donors (Lipinski definition) is 1. The van der Waals surface area contributed by atoms with Crippen LogP contribution in [0.15, 0.2) is 12.1 Å². The largest absolute Gasteiger partial charge is 0.460 e. The summed E-state index contributed by atoms with van der Waals surface area (Å²) < 4.78 is 19.5. The minimum atomic E-state index is -0.775. The molecular formula is C23H38N2O5. The Bertz CT molecular complexity index is 713. The molecule has 1 aliphatic heterocycles. The van der Waals surface area contributed by atoms with Gasteiger partial charge >= 0.3 is 5.97 Å². The van der Waals surface area contributed by atoms with Crippen molar-refractivity contribution >= 4 is 11.9 Å². The molecule has 0 bridgehead atoms. The smallest absolute Gasteiger partial charge is 0.308 e. The molecule has 7 nitrogen and oxygen atoms in total. The van der Waals surface area contributed by atoms with Gasteiger partial charge in [0.2, 0.25) is 5.91 Å². The summed E-state index contributed by atoms with van der Waals surface area (Å²) in [7, 11) is 0. The summed E-state index contributed by atoms with van der Waals surface area (Å²) in [6.45, 7) is 14.5. The van der Waals surface area contributed by atoms with Gasteiger partial charge in [-0.15, -0.1) is 0 Å². The van der Waals surface area contributed by atoms with Gasteiger partial charge in [-0.05, 0) is 67.0 Å². The van der Waals surface area contributed by atoms with Gasteiger partial charge in [0.25, 0.3) is 0 Å². The fourth-order valence-electron chi connectivity index (χ4n) is 3.82. The fourth-order valence-corrected chi connectivity index (χ4v) is 3.82. The van der Waals surface area contributed by atoms with E-state index in [1.54, 1.807) is 0 Å². The van der Waals surface area contributed by atoms with Crippen LogP contribution in [0.5, 0.6) is 0 Å². The number of rotatable bonds is 8. The van der Waals surface area contributed by atoms with Gasteiger partial charge in [-0.3, -0.25) is 9.59 Å². The molecule has 7 heteroatoms. The molecule has 2 rings (SSSR count). The SMILES string of the molecule is Cc1ccc(C)n1CCC(=O)NCC[C@@H]1C[C@H](CC(=O)OC(C)(C)C)OC(C)(C)O1. The minimum Gasteiger partial charge on any atom is -0.460 e. The average molecular weight is 423 g/mol. The van der Waals surface area contributed by atoms with E-state index in [4.69, 9.17) is 14.2 Å². The second-order valence-electron chi connectivity index (χ2n) is 9.56. The Balaban J connectivity index is 1.76. The van der Waals surface area contributed by atoms with Gasteiger partial charge in [0.05, 0.1) is 18.6 Å². The summed E-state index contributed by atoms with van der Waals surface area (Å²) in [6, 6.07) is 4.12. The lowest BCUT2D eigenvalue weighted by molar-refractivity contribution is -0.300. The number of nitrogens with zero attached hydrogens (tertiary/aromatic N) is 1. The molecule has 1 aliphatic rings. The molecule has 1 fully saturated rings. The minimum absolute atomic E-state index is 0.0270. The molecule has 1 aromatic rings. The first-order chi connectivity index (χ1) is 13.8. The number of amides is 1. The van der Waals surface area contributed by atoms with Crippen LogP contribution < -0.4 is 5.32 Å². The van der Waals surface area contributed by atoms with Crippen molar-refractivity contribution < 1.29 is 23.8 Å². The predicted octanol–water partition coefficient (Wildman–Crippen LogP) is 3.64. The summed E-state index contributed by atoms with van der Waals surface area (Å²) in [5, 5.41) is 2.98. The van der Waals surface area contributed by atoms with E-state index in [9.17, 15) is 9.59 Å². The Labute approximate surface area is 180 Å². The molecule has 2 heterocycles. The van der Waals surface area contributed by atoms with E-state index in [1.165, 1.54) is 0 Å². The van der Waals surface area contributed by atoms with Crippen molar-refractivity contribution in [2.75, 3.05) is 6.54 Å². The van der Waals surface area contributed by atoms with Crippen molar-refractivity contribution in [3.05, 3.63) is 23.5 Å². The third-order valence-electron chi connectivity index (χ3n) is 5.01. The lowest BCUT2D eigenvalue weighted by Gasteiger charge is -2.40. The molecule has 1 N–H and O–H groups in total. The third-order valence-corrected chi connectivity index (χ3v) is 5.01. The molecule has 1 amide bonds. The highest BCUT2D eigenvalue weighted by Gasteiger charge is 2.36. The Hall–Kier alpha value is -1.86. The zero-order chi connectivity index (χ0) is 22.5. The number of carbonyl (C=O) groups is 2. The number of carbonyl (C=O) groups excluding carboxylic acids is 2. The number of nitrogens with one attached hydrogen (secondary N) is 1. The van der Waals surface area contributed by atoms with Crippen LogP contribution in [0.3, 0.4) is 0 Å². The van der Waals surface area contributed by atoms with Crippen LogP contribution in [0.25, 0.3) is 0 Å². The van der Waals surface area contributed by atoms with Crippen LogP contribution in [0.1, 0.15) is 71.7 Å². The summed E-state index contributed by atoms with van der Waals surface area (Å²) >= 11 is 0. The molecule has 30 heavy (non-hydrogen) atoms. The van der Waals surface area contributed by atoms with Crippen molar-refractivity contribution in [1.82, 2.24) is 9.88 Å². The third kappa shape index (κ3) is 8.11. The highest BCUT2D eigenvalue weighted by molar-refractivity contribution is 5.75. The average Bonchev–Trinajstić information content (AvgIpc) is 2.88. The van der Waals surface area contributed by atoms with Crippen LogP contribution in [-0.4, -0.2) is 46.6 Å². The molecule has 0 unspecified atom stereocenters. The molecule has 1 saturated heterocycles. The number of esters is 1. The van der Waals surface area contributed by atoms with Gasteiger partial charge in [-0.1, -0.05) is 0 Å². The zero-order valence-electron chi connectivity index (χ0n) is 19.5. The monoisotopic (exact) mass is 422 g/mol. The number of aromatic nitrogens is 1. The van der Waals surface area contributed by atoms with Gasteiger partial charge in [0, 0.05) is 37.3 Å². The van der Waals surface area contributed by atoms with Crippen molar-refractivity contribution in [1.29, 1.82) is 0 Å². The Morgan fingerprint density at radius 3 is 2.37 bits per heavy atom. The summed E-state index contributed by atoms with van der Waals surface area (Å²) in [5.74, 6) is -1.02. The summed E-state index contributed by atoms with van der Waals surface area (Å²) in [6.07, 6.45) is 1.56. The van der Waals surface area contributed by atoms with Crippen molar-refractivity contribution in [2.45, 2.75) is 104 Å². The van der Waals surface area contributed by atoms with Crippen LogP contribution in [0.4, 0.5) is 0 Å². The quantitative estimate of drug-likeness (QED) is 0.647. The fraction of sp³-hybridized carbons (Fsp3) is 0.739. The number of hydrogen-bond acceptors (Lipinski definition) is 5. The lowest BCUT2D eigenvalue weighted by Crippen LogP contribution is -2.46. The predicted molar refractivity (Wildman–Crippen MR) is 115 cm³/mol. The Morgan fingerprint density at radius 2 is 1.77 bits per heavy atom. The number of ether oxygens (including phenoxy) is 3. The lowest BCUT2D eigenvalue weighted by atomic mass is 10.0. The maximum Gasteiger partial charge on any atom is 0.308 e. The molecule has 0 spiro atoms. The second-order valence-corrected chi connectivity index (χ2v) is 9.56. The van der Waals surface area contributed by atoms with Crippen LogP contribution in [0.2, 0.25) is 0 Å². The van der Waals surface area contributed by atoms with Crippen LogP contribution >= 0.6 is 0 Å². The Morgan fingerprint density at radius 1 is 1.17 bits per heavy atom. The van der Waals surface area contributed by atoms with E-state index < -0.39 is 11.4 Å². The van der Waals surface area contributed by atoms with Crippen molar-refractivity contribution in [2.24, 2.45) is 0 Å². The molecule has 1 aromatic heterocycles. The maximum absolute atomic E-state index is 12.2. The molecule has 170 valence electrons. The van der Waals surface area contributed by atoms with Crippen LogP contribution in [-0.2, 0) is 30.3 Å². The molecule has 0 aromatic carbocycles. The number of aryl methyl sites for hydroxylation is 2. The van der Waals surface area contributed by atoms with Gasteiger partial charge in [0.1, 0.15) is 5.60 Å². The highest BCUT2D eigenvalue weighted by atomic mass is 16.7. The van der Waals surface area contributed by atoms with Crippen molar-refractivity contribution in [3.63, 3.8) is 0 Å². The van der Waals surface area contributed by atoms with E-state index in [0.29, 0.717) is 32.4 Å². The van der Waals surface area contributed by atoms with Gasteiger partial charge < -0.3 is 24.1 Å². The topological polar surface area (TPSA) is 78.8 Å². The van der Waals surface area contributed by atoms with Gasteiger partial charge in [0.15, 0.2) is 5.79 Å². The van der Waals surface area contributed by atoms with Gasteiger partial charge in [-0.2, -0.15) is 0 Å². The summed E-state index contributed by atoms with van der Waals surface area (Å²) in [4.78, 5) is 24.4. The van der Waals surface area contributed by atoms with E-state index in [1.807, 2.05) is 48.5 Å². The molecular weight excluding hydrogens is 384 g/mol. The van der Waals surface area contributed by atoms with E-state index >= 15 is 0 Å². The van der Waals surface area contributed by atoms with E-state index in [2.05, 4.69) is 22.0 Å². The van der Waals surface area contributed by atoms with E-state index in [0.717, 1.165) is 11.4 Å². The maximum atomic E-state index is 12.2. The molecule has 0 aliphatic carbocycles. The first kappa shape index (κ1) is 24.4. The normalized spacial score (nSPS) is 21.3. The second kappa shape index (κ2) is 9.96. The van der Waals surface area contributed by atoms with Crippen LogP contribution in [0, 0.1) is 13.8 Å². The van der Waals surface area contributed by atoms with Crippen molar-refractivity contribution in [3.8, 4) is 0 Å². The van der Waals surface area contributed by atoms with Gasteiger partial charge in [-0.25, -0.2) is 0 Å². The molecule has 0 radical (unpaired) electrons. The summed E-state index contributed by atoms with van der Waals surface area (Å²) in [5.41, 5.74) is 1.81. The zero-order valence-corrected chi connectivity index (χ0v) is 19.5. The first-order valence-electron chi connectivity index (χ1n) is 10.8. The first-order valence-corrected chi connectivity index (χ1v) is 10.8. The standard InChI is InChI=1S/C23H38N2O5/c1-16-8-9-17(2)25(16)13-11-20(26)24-12-10-18-14-19(29-23(6,7)28-18)15-21(27)30-22(3,4)5/h8-9,18-19H,10-15H2,1-7H3,(H,24,26)/t18-,19-/m1/s1. The molecule has 2 atom stereocenters.